The Bertz CT molecular complexity index is 1050. The summed E-state index contributed by atoms with van der Waals surface area (Å²) in [5, 5.41) is 2.86. The fraction of sp³-hybridized carbons (Fsp3) is 0.417. The van der Waals surface area contributed by atoms with Gasteiger partial charge in [-0.25, -0.2) is 12.8 Å². The topological polar surface area (TPSA) is 86.8 Å². The average Bonchev–Trinajstić information content (AvgIpc) is 2.77. The molecule has 0 bridgehead atoms. The highest BCUT2D eigenvalue weighted by molar-refractivity contribution is 7.92. The molecule has 0 aliphatic rings. The predicted octanol–water partition coefficient (Wildman–Crippen LogP) is 2.97. The van der Waals surface area contributed by atoms with Crippen LogP contribution in [-0.2, 0) is 26.0 Å². The van der Waals surface area contributed by atoms with Gasteiger partial charge in [0.15, 0.2) is 0 Å². The number of nitrogens with one attached hydrogen (secondary N) is 1. The molecule has 0 saturated carbocycles. The Morgan fingerprint density at radius 1 is 1.03 bits per heavy atom. The Balaban J connectivity index is 2.31. The summed E-state index contributed by atoms with van der Waals surface area (Å²) in [4.78, 5) is 27.5. The number of hydrogen-bond acceptors (Lipinski definition) is 4. The molecule has 0 fully saturated rings. The molecule has 0 aromatic heterocycles. The van der Waals surface area contributed by atoms with Gasteiger partial charge in [0.25, 0.3) is 0 Å². The van der Waals surface area contributed by atoms with E-state index in [0.29, 0.717) is 6.42 Å². The number of carbonyl (C=O) groups excluding carboxylic acids is 2. The average molecular weight is 478 g/mol. The van der Waals surface area contributed by atoms with Gasteiger partial charge in [0, 0.05) is 12.6 Å². The fourth-order valence-corrected chi connectivity index (χ4v) is 4.13. The lowest BCUT2D eigenvalue weighted by Gasteiger charge is -2.32. The van der Waals surface area contributed by atoms with Crippen LogP contribution in [-0.4, -0.2) is 56.6 Å². The third kappa shape index (κ3) is 7.56. The zero-order chi connectivity index (χ0) is 24.6. The molecule has 0 radical (unpaired) electrons. The van der Waals surface area contributed by atoms with Crippen LogP contribution in [0, 0.1) is 5.82 Å². The molecule has 0 unspecified atom stereocenters. The number of carbonyl (C=O) groups is 2. The monoisotopic (exact) mass is 477 g/mol. The first-order valence-electron chi connectivity index (χ1n) is 10.9. The van der Waals surface area contributed by atoms with E-state index in [-0.39, 0.29) is 24.2 Å². The molecule has 180 valence electrons. The standard InChI is InChI=1S/C24H32FN3O4S/c1-5-18(2)26-24(30)19(3)27(16-15-20-11-7-6-8-12-20)23(29)17-28(33(4,31)32)22-14-10-9-13-21(22)25/h6-14,18-19H,5,15-17H2,1-4H3,(H,26,30)/t18-,19+/m0/s1. The van der Waals surface area contributed by atoms with Crippen LogP contribution in [0.5, 0.6) is 0 Å². The Morgan fingerprint density at radius 2 is 1.64 bits per heavy atom. The molecule has 0 heterocycles. The molecular weight excluding hydrogens is 445 g/mol. The smallest absolute Gasteiger partial charge is 0.244 e. The fourth-order valence-electron chi connectivity index (χ4n) is 3.28. The Hall–Kier alpha value is -2.94. The minimum absolute atomic E-state index is 0.0723. The SMILES string of the molecule is CC[C@H](C)NC(=O)[C@@H](C)N(CCc1ccccc1)C(=O)CN(c1ccccc1F)S(C)(=O)=O. The Labute approximate surface area is 195 Å². The number of benzene rings is 2. The summed E-state index contributed by atoms with van der Waals surface area (Å²) in [6.07, 6.45) is 2.12. The number of rotatable bonds is 11. The summed E-state index contributed by atoms with van der Waals surface area (Å²) < 4.78 is 39.9. The first-order chi connectivity index (χ1) is 15.5. The maximum absolute atomic E-state index is 14.4. The van der Waals surface area contributed by atoms with E-state index in [4.69, 9.17) is 0 Å². The van der Waals surface area contributed by atoms with E-state index in [9.17, 15) is 22.4 Å². The summed E-state index contributed by atoms with van der Waals surface area (Å²) in [5.41, 5.74) is 0.756. The van der Waals surface area contributed by atoms with Gasteiger partial charge in [-0.15, -0.1) is 0 Å². The van der Waals surface area contributed by atoms with E-state index < -0.39 is 34.3 Å². The van der Waals surface area contributed by atoms with Gasteiger partial charge in [0.2, 0.25) is 21.8 Å². The minimum atomic E-state index is -3.96. The van der Waals surface area contributed by atoms with E-state index >= 15 is 0 Å². The highest BCUT2D eigenvalue weighted by Gasteiger charge is 2.30. The van der Waals surface area contributed by atoms with Gasteiger partial charge in [-0.3, -0.25) is 13.9 Å². The lowest BCUT2D eigenvalue weighted by Crippen LogP contribution is -2.53. The second-order valence-electron chi connectivity index (χ2n) is 8.04. The number of hydrogen-bond donors (Lipinski definition) is 1. The zero-order valence-corrected chi connectivity index (χ0v) is 20.3. The Morgan fingerprint density at radius 3 is 2.21 bits per heavy atom. The van der Waals surface area contributed by atoms with E-state index in [1.807, 2.05) is 44.2 Å². The number of sulfonamides is 1. The van der Waals surface area contributed by atoms with Crippen LogP contribution in [0.4, 0.5) is 10.1 Å². The Kier molecular flexibility index (Phi) is 9.40. The zero-order valence-electron chi connectivity index (χ0n) is 19.5. The molecule has 2 atom stereocenters. The van der Waals surface area contributed by atoms with Crippen molar-refractivity contribution in [2.45, 2.75) is 45.7 Å². The van der Waals surface area contributed by atoms with Crippen molar-refractivity contribution < 1.29 is 22.4 Å². The van der Waals surface area contributed by atoms with Gasteiger partial charge >= 0.3 is 0 Å². The number of para-hydroxylation sites is 1. The lowest BCUT2D eigenvalue weighted by molar-refractivity contribution is -0.139. The second kappa shape index (κ2) is 11.8. The van der Waals surface area contributed by atoms with Crippen LogP contribution >= 0.6 is 0 Å². The van der Waals surface area contributed by atoms with Crippen LogP contribution in [0.1, 0.15) is 32.8 Å². The van der Waals surface area contributed by atoms with E-state index in [0.717, 1.165) is 28.6 Å². The van der Waals surface area contributed by atoms with E-state index in [1.54, 1.807) is 6.92 Å². The van der Waals surface area contributed by atoms with Crippen molar-refractivity contribution in [2.24, 2.45) is 0 Å². The van der Waals surface area contributed by atoms with Gasteiger partial charge in [0.05, 0.1) is 11.9 Å². The van der Waals surface area contributed by atoms with Crippen molar-refractivity contribution in [2.75, 3.05) is 23.7 Å². The largest absolute Gasteiger partial charge is 0.352 e. The van der Waals surface area contributed by atoms with Gasteiger partial charge in [0.1, 0.15) is 18.4 Å². The predicted molar refractivity (Wildman–Crippen MR) is 128 cm³/mol. The molecule has 2 aromatic rings. The van der Waals surface area contributed by atoms with Gasteiger partial charge in [-0.05, 0) is 44.4 Å². The highest BCUT2D eigenvalue weighted by atomic mass is 32.2. The van der Waals surface area contributed by atoms with Crippen molar-refractivity contribution in [1.82, 2.24) is 10.2 Å². The molecule has 1 N–H and O–H groups in total. The maximum atomic E-state index is 14.4. The number of anilines is 1. The molecule has 33 heavy (non-hydrogen) atoms. The van der Waals surface area contributed by atoms with Crippen molar-refractivity contribution >= 4 is 27.5 Å². The van der Waals surface area contributed by atoms with Crippen LogP contribution in [0.15, 0.2) is 54.6 Å². The molecule has 0 saturated heterocycles. The molecule has 0 spiro atoms. The molecule has 7 nitrogen and oxygen atoms in total. The maximum Gasteiger partial charge on any atom is 0.244 e. The molecular formula is C24H32FN3O4S. The van der Waals surface area contributed by atoms with Crippen molar-refractivity contribution in [3.63, 3.8) is 0 Å². The summed E-state index contributed by atoms with van der Waals surface area (Å²) in [6.45, 7) is 4.99. The number of halogens is 1. The van der Waals surface area contributed by atoms with E-state index in [2.05, 4.69) is 5.32 Å². The molecule has 9 heteroatoms. The number of amides is 2. The number of nitrogens with zero attached hydrogens (tertiary/aromatic N) is 2. The summed E-state index contributed by atoms with van der Waals surface area (Å²) in [5.74, 6) is -1.68. The molecule has 2 aromatic carbocycles. The third-order valence-corrected chi connectivity index (χ3v) is 6.58. The van der Waals surface area contributed by atoms with Crippen LogP contribution in [0.2, 0.25) is 0 Å². The normalized spacial score (nSPS) is 13.1. The highest BCUT2D eigenvalue weighted by Crippen LogP contribution is 2.22. The first kappa shape index (κ1) is 26.3. The second-order valence-corrected chi connectivity index (χ2v) is 9.94. The van der Waals surface area contributed by atoms with Crippen molar-refractivity contribution in [3.8, 4) is 0 Å². The van der Waals surface area contributed by atoms with Crippen molar-refractivity contribution in [1.29, 1.82) is 0 Å². The van der Waals surface area contributed by atoms with E-state index in [1.165, 1.54) is 23.1 Å². The molecule has 0 aliphatic carbocycles. The van der Waals surface area contributed by atoms with Gasteiger partial charge in [-0.1, -0.05) is 49.4 Å². The summed E-state index contributed by atoms with van der Waals surface area (Å²) >= 11 is 0. The summed E-state index contributed by atoms with van der Waals surface area (Å²) in [7, 11) is -3.96. The quantitative estimate of drug-likeness (QED) is 0.539. The van der Waals surface area contributed by atoms with Gasteiger partial charge in [-0.2, -0.15) is 0 Å². The molecule has 0 aliphatic heterocycles. The first-order valence-corrected chi connectivity index (χ1v) is 12.8. The van der Waals surface area contributed by atoms with Gasteiger partial charge < -0.3 is 10.2 Å². The van der Waals surface area contributed by atoms with Crippen molar-refractivity contribution in [3.05, 3.63) is 66.0 Å². The van der Waals surface area contributed by atoms with Crippen LogP contribution in [0.3, 0.4) is 0 Å². The minimum Gasteiger partial charge on any atom is -0.352 e. The molecule has 2 rings (SSSR count). The van der Waals surface area contributed by atoms with Crippen LogP contribution < -0.4 is 9.62 Å². The third-order valence-electron chi connectivity index (χ3n) is 5.45. The molecule has 2 amide bonds. The lowest BCUT2D eigenvalue weighted by atomic mass is 10.1. The summed E-state index contributed by atoms with van der Waals surface area (Å²) in [6, 6.07) is 13.9. The van der Waals surface area contributed by atoms with Crippen LogP contribution in [0.25, 0.3) is 0 Å².